The van der Waals surface area contributed by atoms with Gasteiger partial charge in [0.2, 0.25) is 0 Å². The van der Waals surface area contributed by atoms with Crippen LogP contribution in [0.5, 0.6) is 0 Å². The highest BCUT2D eigenvalue weighted by Crippen LogP contribution is 2.20. The van der Waals surface area contributed by atoms with Crippen molar-refractivity contribution in [3.63, 3.8) is 0 Å². The van der Waals surface area contributed by atoms with Crippen molar-refractivity contribution in [1.82, 2.24) is 10.3 Å². The van der Waals surface area contributed by atoms with Crippen LogP contribution in [-0.4, -0.2) is 28.3 Å². The monoisotopic (exact) mass is 241 g/mol. The smallest absolute Gasteiger partial charge is 0.300 e. The van der Waals surface area contributed by atoms with Gasteiger partial charge in [-0.05, 0) is 12.1 Å². The molecule has 86 valence electrons. The van der Waals surface area contributed by atoms with Crippen molar-refractivity contribution in [3.8, 4) is 0 Å². The molecule has 1 aromatic rings. The minimum atomic E-state index is -0.478. The van der Waals surface area contributed by atoms with Gasteiger partial charge in [0.05, 0.1) is 6.54 Å². The molecule has 0 saturated carbocycles. The Kier molecular flexibility index (Phi) is 3.16. The molecule has 1 aliphatic heterocycles. The Balaban J connectivity index is 2.02. The van der Waals surface area contributed by atoms with E-state index in [9.17, 15) is 9.59 Å². The Morgan fingerprint density at radius 1 is 1.62 bits per heavy atom. The average Bonchev–Trinajstić information content (AvgIpc) is 2.89. The molecular weight excluding hydrogens is 230 g/mol. The van der Waals surface area contributed by atoms with Crippen LogP contribution in [-0.2, 0) is 6.54 Å². The van der Waals surface area contributed by atoms with E-state index in [0.717, 1.165) is 5.75 Å². The van der Waals surface area contributed by atoms with E-state index in [1.54, 1.807) is 11.0 Å². The summed E-state index contributed by atoms with van der Waals surface area (Å²) in [5.74, 6) is 6.02. The maximum absolute atomic E-state index is 11.3. The quantitative estimate of drug-likeness (QED) is 0.458. The zero-order chi connectivity index (χ0) is 11.5. The first kappa shape index (κ1) is 11.0. The minimum absolute atomic E-state index is 0.0428. The van der Waals surface area contributed by atoms with Gasteiger partial charge in [0, 0.05) is 12.3 Å². The highest BCUT2D eigenvalue weighted by molar-refractivity contribution is 8.13. The molecule has 0 aliphatic carbocycles. The second kappa shape index (κ2) is 4.58. The zero-order valence-electron chi connectivity index (χ0n) is 8.43. The van der Waals surface area contributed by atoms with E-state index in [0.29, 0.717) is 18.8 Å². The van der Waals surface area contributed by atoms with E-state index in [4.69, 9.17) is 10.3 Å². The Hall–Kier alpha value is -1.47. The number of carbonyl (C=O) groups excluding carboxylic acids is 2. The van der Waals surface area contributed by atoms with Crippen LogP contribution in [0.25, 0.3) is 0 Å². The lowest BCUT2D eigenvalue weighted by Crippen LogP contribution is -2.29. The summed E-state index contributed by atoms with van der Waals surface area (Å²) in [4.78, 5) is 24.1. The number of hydrogen-bond acceptors (Lipinski definition) is 5. The first-order valence-electron chi connectivity index (χ1n) is 4.72. The topological polar surface area (TPSA) is 88.6 Å². The van der Waals surface area contributed by atoms with Crippen LogP contribution < -0.4 is 11.3 Å². The van der Waals surface area contributed by atoms with Crippen LogP contribution in [0, 0.1) is 0 Å². The molecule has 7 heteroatoms. The molecule has 0 unspecified atom stereocenters. The summed E-state index contributed by atoms with van der Waals surface area (Å²) in [5, 5.41) is 0.0428. The lowest BCUT2D eigenvalue weighted by Gasteiger charge is -2.11. The third-order valence-corrected chi connectivity index (χ3v) is 3.10. The van der Waals surface area contributed by atoms with Crippen LogP contribution in [0.4, 0.5) is 4.79 Å². The molecule has 3 N–H and O–H groups in total. The second-order valence-electron chi connectivity index (χ2n) is 3.28. The van der Waals surface area contributed by atoms with E-state index >= 15 is 0 Å². The number of hydrazine groups is 1. The molecule has 16 heavy (non-hydrogen) atoms. The zero-order valence-corrected chi connectivity index (χ0v) is 9.25. The highest BCUT2D eigenvalue weighted by atomic mass is 32.2. The fourth-order valence-corrected chi connectivity index (χ4v) is 2.24. The molecule has 0 aromatic carbocycles. The molecule has 0 radical (unpaired) electrons. The number of thioether (sulfide) groups is 1. The SMILES string of the molecule is NNC(=O)c1ccc(CN2CCSC2=O)o1. The molecule has 0 atom stereocenters. The number of carbonyl (C=O) groups is 2. The number of nitrogens with zero attached hydrogens (tertiary/aromatic N) is 1. The van der Waals surface area contributed by atoms with Crippen molar-refractivity contribution >= 4 is 22.9 Å². The predicted octanol–water partition coefficient (Wildman–Crippen LogP) is 0.552. The van der Waals surface area contributed by atoms with Gasteiger partial charge >= 0.3 is 5.91 Å². The molecular formula is C9H11N3O3S. The molecule has 1 aliphatic rings. The second-order valence-corrected chi connectivity index (χ2v) is 4.32. The van der Waals surface area contributed by atoms with Crippen molar-refractivity contribution in [2.45, 2.75) is 6.54 Å². The molecule has 0 spiro atoms. The first-order chi connectivity index (χ1) is 7.70. The minimum Gasteiger partial charge on any atom is -0.454 e. The van der Waals surface area contributed by atoms with Gasteiger partial charge in [-0.3, -0.25) is 15.0 Å². The molecule has 2 heterocycles. The molecule has 2 amide bonds. The van der Waals surface area contributed by atoms with Gasteiger partial charge < -0.3 is 9.32 Å². The number of nitrogen functional groups attached to an aromatic ring is 1. The maximum Gasteiger partial charge on any atom is 0.300 e. The van der Waals surface area contributed by atoms with E-state index in [1.807, 2.05) is 5.43 Å². The Morgan fingerprint density at radius 3 is 3.06 bits per heavy atom. The third-order valence-electron chi connectivity index (χ3n) is 2.21. The lowest BCUT2D eigenvalue weighted by atomic mass is 10.4. The normalized spacial score (nSPS) is 15.6. The van der Waals surface area contributed by atoms with Crippen molar-refractivity contribution in [1.29, 1.82) is 0 Å². The summed E-state index contributed by atoms with van der Waals surface area (Å²) < 4.78 is 5.25. The van der Waals surface area contributed by atoms with Crippen LogP contribution in [0.2, 0.25) is 0 Å². The van der Waals surface area contributed by atoms with Crippen molar-refractivity contribution in [2.75, 3.05) is 12.3 Å². The predicted molar refractivity (Wildman–Crippen MR) is 58.6 cm³/mol. The van der Waals surface area contributed by atoms with Gasteiger partial charge in [0.15, 0.2) is 5.76 Å². The fraction of sp³-hybridized carbons (Fsp3) is 0.333. The third kappa shape index (κ3) is 2.20. The molecule has 6 nitrogen and oxygen atoms in total. The van der Waals surface area contributed by atoms with Crippen LogP contribution in [0.15, 0.2) is 16.5 Å². The number of hydrogen-bond donors (Lipinski definition) is 2. The lowest BCUT2D eigenvalue weighted by molar-refractivity contribution is 0.0923. The largest absolute Gasteiger partial charge is 0.454 e. The summed E-state index contributed by atoms with van der Waals surface area (Å²) in [5.41, 5.74) is 1.98. The molecule has 1 saturated heterocycles. The van der Waals surface area contributed by atoms with Crippen LogP contribution in [0.1, 0.15) is 16.3 Å². The van der Waals surface area contributed by atoms with Crippen LogP contribution in [0.3, 0.4) is 0 Å². The summed E-state index contributed by atoms with van der Waals surface area (Å²) in [6.45, 7) is 1.10. The van der Waals surface area contributed by atoms with Gasteiger partial charge in [-0.25, -0.2) is 5.84 Å². The van der Waals surface area contributed by atoms with Gasteiger partial charge in [0.25, 0.3) is 5.24 Å². The van der Waals surface area contributed by atoms with Crippen molar-refractivity contribution in [3.05, 3.63) is 23.7 Å². The molecule has 1 aromatic heterocycles. The van der Waals surface area contributed by atoms with Gasteiger partial charge in [0.1, 0.15) is 5.76 Å². The standard InChI is InChI=1S/C9H11N3O3S/c10-11-8(13)7-2-1-6(15-7)5-12-3-4-16-9(12)14/h1-2H,3-5,10H2,(H,11,13). The summed E-state index contributed by atoms with van der Waals surface area (Å²) in [7, 11) is 0. The Morgan fingerprint density at radius 2 is 2.44 bits per heavy atom. The van der Waals surface area contributed by atoms with E-state index in [2.05, 4.69) is 0 Å². The molecule has 0 bridgehead atoms. The average molecular weight is 241 g/mol. The number of amides is 2. The number of nitrogens with one attached hydrogen (secondary N) is 1. The first-order valence-corrected chi connectivity index (χ1v) is 5.70. The number of nitrogens with two attached hydrogens (primary N) is 1. The maximum atomic E-state index is 11.3. The van der Waals surface area contributed by atoms with Gasteiger partial charge in [-0.1, -0.05) is 11.8 Å². The van der Waals surface area contributed by atoms with Crippen molar-refractivity contribution in [2.24, 2.45) is 5.84 Å². The fourth-order valence-electron chi connectivity index (χ4n) is 1.41. The Bertz CT molecular complexity index is 418. The van der Waals surface area contributed by atoms with Crippen LogP contribution >= 0.6 is 11.8 Å². The van der Waals surface area contributed by atoms with E-state index in [-0.39, 0.29) is 11.0 Å². The molecule has 2 rings (SSSR count). The summed E-state index contributed by atoms with van der Waals surface area (Å²) >= 11 is 1.29. The highest BCUT2D eigenvalue weighted by Gasteiger charge is 2.22. The summed E-state index contributed by atoms with van der Waals surface area (Å²) in [6.07, 6.45) is 0. The number of rotatable bonds is 3. The van der Waals surface area contributed by atoms with Gasteiger partial charge in [-0.2, -0.15) is 0 Å². The summed E-state index contributed by atoms with van der Waals surface area (Å²) in [6, 6.07) is 3.20. The number of furan rings is 1. The molecule has 1 fully saturated rings. The van der Waals surface area contributed by atoms with Crippen molar-refractivity contribution < 1.29 is 14.0 Å². The van der Waals surface area contributed by atoms with E-state index < -0.39 is 5.91 Å². The van der Waals surface area contributed by atoms with Gasteiger partial charge in [-0.15, -0.1) is 0 Å². The van der Waals surface area contributed by atoms with E-state index in [1.165, 1.54) is 17.8 Å². The Labute approximate surface area is 96.1 Å².